The van der Waals surface area contributed by atoms with E-state index in [0.717, 1.165) is 16.2 Å². The second kappa shape index (κ2) is 4.88. The molecule has 0 saturated carbocycles. The smallest absolute Gasteiger partial charge is 0.123 e. The van der Waals surface area contributed by atoms with Crippen molar-refractivity contribution < 1.29 is 9.84 Å². The van der Waals surface area contributed by atoms with Crippen LogP contribution >= 0.6 is 11.3 Å². The van der Waals surface area contributed by atoms with Crippen LogP contribution in [0.3, 0.4) is 0 Å². The fourth-order valence-corrected chi connectivity index (χ4v) is 4.05. The van der Waals surface area contributed by atoms with Crippen LogP contribution in [-0.2, 0) is 11.0 Å². The number of benzene rings is 1. The average Bonchev–Trinajstić information content (AvgIpc) is 3.01. The zero-order valence-corrected chi connectivity index (χ0v) is 12.3. The van der Waals surface area contributed by atoms with Crippen molar-refractivity contribution in [3.63, 3.8) is 0 Å². The van der Waals surface area contributed by atoms with Crippen LogP contribution in [0.1, 0.15) is 23.8 Å². The summed E-state index contributed by atoms with van der Waals surface area (Å²) in [5, 5.41) is 13.3. The van der Waals surface area contributed by atoms with Crippen LogP contribution in [0.25, 0.3) is 0 Å². The standard InChI is InChI=1S/C16H19NO2S/c1-15(18,14-7-4-10-20-14)16(11-17)8-9-19-13-6-3-2-5-12(13)16/h2-7,10,18H,8-9,11,17H2,1H3. The molecule has 1 aromatic heterocycles. The first-order valence-corrected chi connectivity index (χ1v) is 7.68. The summed E-state index contributed by atoms with van der Waals surface area (Å²) in [5.41, 5.74) is 5.63. The quantitative estimate of drug-likeness (QED) is 0.913. The molecule has 0 amide bonds. The number of aliphatic hydroxyl groups is 1. The second-order valence-electron chi connectivity index (χ2n) is 5.43. The maximum Gasteiger partial charge on any atom is 0.123 e. The highest BCUT2D eigenvalue weighted by Crippen LogP contribution is 2.50. The highest BCUT2D eigenvalue weighted by atomic mass is 32.1. The fourth-order valence-electron chi connectivity index (χ4n) is 3.17. The Bertz CT molecular complexity index is 594. The number of hydrogen-bond acceptors (Lipinski definition) is 4. The Balaban J connectivity index is 2.18. The van der Waals surface area contributed by atoms with Crippen LogP contribution in [0.4, 0.5) is 0 Å². The topological polar surface area (TPSA) is 55.5 Å². The summed E-state index contributed by atoms with van der Waals surface area (Å²) in [6.07, 6.45) is 0.714. The van der Waals surface area contributed by atoms with Gasteiger partial charge in [0.1, 0.15) is 11.4 Å². The Labute approximate surface area is 123 Å². The van der Waals surface area contributed by atoms with Gasteiger partial charge in [-0.15, -0.1) is 11.3 Å². The largest absolute Gasteiger partial charge is 0.493 e. The zero-order chi connectivity index (χ0) is 14.2. The van der Waals surface area contributed by atoms with Crippen molar-refractivity contribution in [2.24, 2.45) is 5.73 Å². The summed E-state index contributed by atoms with van der Waals surface area (Å²) >= 11 is 1.57. The Morgan fingerprint density at radius 1 is 1.35 bits per heavy atom. The van der Waals surface area contributed by atoms with Gasteiger partial charge in [-0.05, 0) is 30.9 Å². The Kier molecular flexibility index (Phi) is 3.32. The summed E-state index contributed by atoms with van der Waals surface area (Å²) in [7, 11) is 0. The van der Waals surface area contributed by atoms with Crippen LogP contribution < -0.4 is 10.5 Å². The van der Waals surface area contributed by atoms with E-state index in [1.54, 1.807) is 11.3 Å². The SMILES string of the molecule is CC(O)(c1cccs1)C1(CN)CCOc2ccccc21. The number of fused-ring (bicyclic) bond motifs is 1. The minimum absolute atomic E-state index is 0.387. The zero-order valence-electron chi connectivity index (χ0n) is 11.5. The third-order valence-corrected chi connectivity index (χ3v) is 5.55. The molecule has 20 heavy (non-hydrogen) atoms. The molecule has 0 bridgehead atoms. The molecule has 0 radical (unpaired) electrons. The van der Waals surface area contributed by atoms with E-state index < -0.39 is 11.0 Å². The van der Waals surface area contributed by atoms with Crippen LogP contribution in [0.15, 0.2) is 41.8 Å². The highest BCUT2D eigenvalue weighted by molar-refractivity contribution is 7.10. The number of thiophene rings is 1. The van der Waals surface area contributed by atoms with E-state index in [9.17, 15) is 5.11 Å². The first kappa shape index (κ1) is 13.6. The van der Waals surface area contributed by atoms with Gasteiger partial charge in [-0.2, -0.15) is 0 Å². The molecular weight excluding hydrogens is 270 g/mol. The predicted molar refractivity (Wildman–Crippen MR) is 81.2 cm³/mol. The van der Waals surface area contributed by atoms with Gasteiger partial charge in [0, 0.05) is 22.4 Å². The van der Waals surface area contributed by atoms with Crippen molar-refractivity contribution >= 4 is 11.3 Å². The minimum Gasteiger partial charge on any atom is -0.493 e. The summed E-state index contributed by atoms with van der Waals surface area (Å²) in [5.74, 6) is 0.834. The van der Waals surface area contributed by atoms with Gasteiger partial charge >= 0.3 is 0 Å². The fraction of sp³-hybridized carbons (Fsp3) is 0.375. The van der Waals surface area contributed by atoms with E-state index in [1.165, 1.54) is 0 Å². The normalized spacial score (nSPS) is 24.6. The molecule has 2 atom stereocenters. The maximum atomic E-state index is 11.3. The molecule has 4 heteroatoms. The van der Waals surface area contributed by atoms with Gasteiger partial charge in [0.25, 0.3) is 0 Å². The monoisotopic (exact) mass is 289 g/mol. The van der Waals surface area contributed by atoms with Gasteiger partial charge in [0.15, 0.2) is 0 Å². The Hall–Kier alpha value is -1.36. The van der Waals surface area contributed by atoms with E-state index in [1.807, 2.05) is 48.7 Å². The van der Waals surface area contributed by atoms with Crippen molar-refractivity contribution in [3.05, 3.63) is 52.2 Å². The van der Waals surface area contributed by atoms with Crippen molar-refractivity contribution in [2.45, 2.75) is 24.4 Å². The molecule has 0 spiro atoms. The van der Waals surface area contributed by atoms with Crippen molar-refractivity contribution in [3.8, 4) is 5.75 Å². The summed E-state index contributed by atoms with van der Waals surface area (Å²) < 4.78 is 5.73. The molecule has 2 unspecified atom stereocenters. The van der Waals surface area contributed by atoms with E-state index in [-0.39, 0.29) is 0 Å². The summed E-state index contributed by atoms with van der Waals surface area (Å²) in [6, 6.07) is 11.8. The molecule has 0 saturated heterocycles. The Morgan fingerprint density at radius 3 is 2.85 bits per heavy atom. The minimum atomic E-state index is -1.00. The number of para-hydroxylation sites is 1. The number of hydrogen-bond donors (Lipinski definition) is 2. The lowest BCUT2D eigenvalue weighted by Gasteiger charge is -2.47. The molecule has 0 aliphatic carbocycles. The first-order chi connectivity index (χ1) is 9.62. The molecule has 106 valence electrons. The van der Waals surface area contributed by atoms with Gasteiger partial charge in [-0.25, -0.2) is 0 Å². The molecule has 3 nitrogen and oxygen atoms in total. The second-order valence-corrected chi connectivity index (χ2v) is 6.38. The third kappa shape index (κ3) is 1.79. The van der Waals surface area contributed by atoms with Gasteiger partial charge in [-0.3, -0.25) is 0 Å². The summed E-state index contributed by atoms with van der Waals surface area (Å²) in [4.78, 5) is 0.944. The molecular formula is C16H19NO2S. The van der Waals surface area contributed by atoms with Crippen molar-refractivity contribution in [2.75, 3.05) is 13.2 Å². The van der Waals surface area contributed by atoms with Gasteiger partial charge in [0.05, 0.1) is 6.61 Å². The molecule has 2 heterocycles. The van der Waals surface area contributed by atoms with E-state index in [2.05, 4.69) is 0 Å². The molecule has 1 aliphatic heterocycles. The van der Waals surface area contributed by atoms with Crippen LogP contribution in [-0.4, -0.2) is 18.3 Å². The number of ether oxygens (including phenoxy) is 1. The third-order valence-electron chi connectivity index (χ3n) is 4.47. The lowest BCUT2D eigenvalue weighted by Crippen LogP contribution is -2.54. The van der Waals surface area contributed by atoms with E-state index in [0.29, 0.717) is 19.6 Å². The lowest BCUT2D eigenvalue weighted by atomic mass is 9.64. The van der Waals surface area contributed by atoms with Crippen LogP contribution in [0, 0.1) is 0 Å². The van der Waals surface area contributed by atoms with Crippen LogP contribution in [0.2, 0.25) is 0 Å². The van der Waals surface area contributed by atoms with E-state index >= 15 is 0 Å². The molecule has 0 fully saturated rings. The van der Waals surface area contributed by atoms with Crippen LogP contribution in [0.5, 0.6) is 5.75 Å². The van der Waals surface area contributed by atoms with E-state index in [4.69, 9.17) is 10.5 Å². The molecule has 2 aromatic rings. The van der Waals surface area contributed by atoms with Crippen molar-refractivity contribution in [1.82, 2.24) is 0 Å². The highest BCUT2D eigenvalue weighted by Gasteiger charge is 2.51. The van der Waals surface area contributed by atoms with Crippen molar-refractivity contribution in [1.29, 1.82) is 0 Å². The molecule has 3 rings (SSSR count). The molecule has 1 aliphatic rings. The van der Waals surface area contributed by atoms with Gasteiger partial charge in [0.2, 0.25) is 0 Å². The molecule has 3 N–H and O–H groups in total. The lowest BCUT2D eigenvalue weighted by molar-refractivity contribution is -0.0404. The Morgan fingerprint density at radius 2 is 2.15 bits per heavy atom. The number of nitrogens with two attached hydrogens (primary N) is 1. The first-order valence-electron chi connectivity index (χ1n) is 6.80. The maximum absolute atomic E-state index is 11.3. The number of rotatable bonds is 3. The van der Waals surface area contributed by atoms with Gasteiger partial charge in [-0.1, -0.05) is 24.3 Å². The van der Waals surface area contributed by atoms with Gasteiger partial charge < -0.3 is 15.6 Å². The summed E-state index contributed by atoms with van der Waals surface area (Å²) in [6.45, 7) is 2.84. The predicted octanol–water partition coefficient (Wildman–Crippen LogP) is 2.63. The average molecular weight is 289 g/mol. The molecule has 1 aromatic carbocycles.